The second-order valence-electron chi connectivity index (χ2n) is 12.8. The Labute approximate surface area is 257 Å². The van der Waals surface area contributed by atoms with E-state index in [2.05, 4.69) is 4.98 Å². The van der Waals surface area contributed by atoms with Crippen molar-refractivity contribution in [1.29, 1.82) is 0 Å². The number of rotatable bonds is 9. The third-order valence-electron chi connectivity index (χ3n) is 9.58. The van der Waals surface area contributed by atoms with Gasteiger partial charge >= 0.3 is 29.8 Å². The number of aromatic nitrogens is 1. The maximum absolute atomic E-state index is 13.7. The molecule has 2 bridgehead atoms. The highest BCUT2D eigenvalue weighted by Gasteiger charge is 2.82. The lowest BCUT2D eigenvalue weighted by atomic mass is 9.47. The van der Waals surface area contributed by atoms with Gasteiger partial charge in [0.1, 0.15) is 35.9 Å². The molecule has 3 aliphatic rings. The molecule has 242 valence electrons. The van der Waals surface area contributed by atoms with Crippen LogP contribution in [-0.2, 0) is 47.6 Å². The van der Waals surface area contributed by atoms with E-state index in [1.54, 1.807) is 19.1 Å². The lowest BCUT2D eigenvalue weighted by Gasteiger charge is -2.63. The first-order valence-corrected chi connectivity index (χ1v) is 15.1. The minimum absolute atomic E-state index is 0.0941. The van der Waals surface area contributed by atoms with E-state index in [4.69, 9.17) is 28.4 Å². The molecule has 1 saturated heterocycles. The van der Waals surface area contributed by atoms with Gasteiger partial charge in [-0.3, -0.25) is 24.2 Å². The number of hydrogen-bond acceptors (Lipinski definition) is 12. The quantitative estimate of drug-likeness (QED) is 0.294. The second kappa shape index (κ2) is 12.5. The van der Waals surface area contributed by atoms with Crippen LogP contribution in [0.4, 0.5) is 0 Å². The molecule has 1 aromatic rings. The van der Waals surface area contributed by atoms with Crippen LogP contribution in [0.5, 0.6) is 0 Å². The van der Waals surface area contributed by atoms with Gasteiger partial charge in [0.25, 0.3) is 0 Å². The molecule has 9 atom stereocenters. The molecule has 44 heavy (non-hydrogen) atoms. The topological polar surface area (TPSA) is 154 Å². The zero-order chi connectivity index (χ0) is 32.6. The normalized spacial score (nSPS) is 34.1. The minimum atomic E-state index is -1.68. The number of hydrogen-bond donors (Lipinski definition) is 0. The van der Waals surface area contributed by atoms with Crippen molar-refractivity contribution in [2.45, 2.75) is 110 Å². The maximum Gasteiger partial charge on any atom is 0.340 e. The number of carbonyl (C=O) groups is 5. The molecule has 1 spiro atoms. The molecule has 2 heterocycles. The van der Waals surface area contributed by atoms with Crippen molar-refractivity contribution in [3.05, 3.63) is 30.1 Å². The van der Waals surface area contributed by atoms with E-state index >= 15 is 0 Å². The monoisotopic (exact) mass is 617 g/mol. The van der Waals surface area contributed by atoms with E-state index in [9.17, 15) is 24.0 Å². The lowest BCUT2D eigenvalue weighted by Crippen LogP contribution is -2.78. The number of pyridine rings is 1. The van der Waals surface area contributed by atoms with Crippen molar-refractivity contribution in [3.8, 4) is 0 Å². The highest BCUT2D eigenvalue weighted by Crippen LogP contribution is 2.68. The van der Waals surface area contributed by atoms with Crippen LogP contribution in [0, 0.1) is 23.2 Å². The van der Waals surface area contributed by atoms with Crippen LogP contribution >= 0.6 is 0 Å². The molecule has 0 radical (unpaired) electrons. The molecule has 0 amide bonds. The van der Waals surface area contributed by atoms with Crippen LogP contribution < -0.4 is 0 Å². The minimum Gasteiger partial charge on any atom is -0.465 e. The second-order valence-corrected chi connectivity index (χ2v) is 12.8. The first kappa shape index (κ1) is 33.4. The van der Waals surface area contributed by atoms with Crippen molar-refractivity contribution in [3.63, 3.8) is 0 Å². The molecule has 2 saturated carbocycles. The smallest absolute Gasteiger partial charge is 0.340 e. The summed E-state index contributed by atoms with van der Waals surface area (Å²) in [5.74, 6) is -4.66. The summed E-state index contributed by atoms with van der Waals surface area (Å²) in [6.07, 6.45) is -0.765. The first-order valence-electron chi connectivity index (χ1n) is 15.1. The molecule has 4 rings (SSSR count). The molecule has 1 aromatic heterocycles. The maximum atomic E-state index is 13.7. The summed E-state index contributed by atoms with van der Waals surface area (Å²) in [5, 5.41) is 0. The molecule has 9 unspecified atom stereocenters. The van der Waals surface area contributed by atoms with Gasteiger partial charge in [-0.2, -0.15) is 0 Å². The van der Waals surface area contributed by atoms with Crippen LogP contribution in [0.1, 0.15) is 85.0 Å². The van der Waals surface area contributed by atoms with Gasteiger partial charge in [0, 0.05) is 39.1 Å². The van der Waals surface area contributed by atoms with Crippen molar-refractivity contribution in [2.75, 3.05) is 6.61 Å². The van der Waals surface area contributed by atoms with Gasteiger partial charge in [0.15, 0.2) is 6.10 Å². The molecule has 12 nitrogen and oxygen atoms in total. The average molecular weight is 618 g/mol. The molecule has 12 heteroatoms. The predicted molar refractivity (Wildman–Crippen MR) is 153 cm³/mol. The molecular weight excluding hydrogens is 574 g/mol. The van der Waals surface area contributed by atoms with E-state index in [1.165, 1.54) is 33.2 Å². The summed E-state index contributed by atoms with van der Waals surface area (Å²) < 4.78 is 37.1. The van der Waals surface area contributed by atoms with E-state index in [0.717, 1.165) is 0 Å². The Morgan fingerprint density at radius 3 is 2.23 bits per heavy atom. The number of fused-ring (bicyclic) bond motifs is 1. The molecular formula is C32H43NO11. The average Bonchev–Trinajstić information content (AvgIpc) is 3.11. The van der Waals surface area contributed by atoms with Gasteiger partial charge in [-0.1, -0.05) is 20.8 Å². The van der Waals surface area contributed by atoms with Crippen LogP contribution in [0.25, 0.3) is 0 Å². The van der Waals surface area contributed by atoms with Crippen LogP contribution in [0.15, 0.2) is 24.5 Å². The zero-order valence-corrected chi connectivity index (χ0v) is 26.6. The first-order chi connectivity index (χ1) is 20.6. The number of nitrogens with zero attached hydrogens (tertiary/aromatic N) is 1. The largest absolute Gasteiger partial charge is 0.465 e. The fourth-order valence-corrected chi connectivity index (χ4v) is 7.52. The van der Waals surface area contributed by atoms with Gasteiger partial charge in [-0.05, 0) is 51.2 Å². The predicted octanol–water partition coefficient (Wildman–Crippen LogP) is 3.59. The lowest BCUT2D eigenvalue weighted by molar-refractivity contribution is -0.319. The van der Waals surface area contributed by atoms with Gasteiger partial charge < -0.3 is 28.4 Å². The Morgan fingerprint density at radius 2 is 1.66 bits per heavy atom. The summed E-state index contributed by atoms with van der Waals surface area (Å²) in [6, 6.07) is 3.14. The number of esters is 5. The molecule has 0 aromatic carbocycles. The SMILES string of the molecule is CCC(C)C(=O)OC1C(OC(C)=O)CC(C)C23OC(C)(C)C(CC(OC(=O)c4cccnc4)C12COC(C)=O)C3OC(C)=O. The summed E-state index contributed by atoms with van der Waals surface area (Å²) in [6.45, 7) is 12.4. The fraction of sp³-hybridized carbons (Fsp3) is 0.688. The van der Waals surface area contributed by atoms with Crippen LogP contribution in [-0.4, -0.2) is 77.1 Å². The summed E-state index contributed by atoms with van der Waals surface area (Å²) >= 11 is 0. The molecule has 3 fully saturated rings. The van der Waals surface area contributed by atoms with Crippen molar-refractivity contribution in [2.24, 2.45) is 23.2 Å². The Balaban J connectivity index is 2.03. The Kier molecular flexibility index (Phi) is 9.44. The molecule has 2 aliphatic carbocycles. The summed E-state index contributed by atoms with van der Waals surface area (Å²) in [7, 11) is 0. The van der Waals surface area contributed by atoms with Crippen molar-refractivity contribution < 1.29 is 52.4 Å². The summed E-state index contributed by atoms with van der Waals surface area (Å²) in [4.78, 5) is 68.7. The Hall–Kier alpha value is -3.54. The Morgan fingerprint density at radius 1 is 0.977 bits per heavy atom. The zero-order valence-electron chi connectivity index (χ0n) is 26.6. The van der Waals surface area contributed by atoms with E-state index in [1.807, 2.05) is 27.7 Å². The third-order valence-corrected chi connectivity index (χ3v) is 9.58. The van der Waals surface area contributed by atoms with E-state index in [-0.39, 0.29) is 18.4 Å². The van der Waals surface area contributed by atoms with Crippen molar-refractivity contribution in [1.82, 2.24) is 4.98 Å². The van der Waals surface area contributed by atoms with Gasteiger partial charge in [-0.25, -0.2) is 4.79 Å². The Bertz CT molecular complexity index is 1280. The molecule has 1 aliphatic heterocycles. The van der Waals surface area contributed by atoms with Gasteiger partial charge in [0.05, 0.1) is 17.1 Å². The standard InChI is InChI=1S/C32H43NO11/c1-9-17(2)28(37)43-27-24(40-20(5)35)13-18(3)32-26(41-21(6)36)23(30(7,8)44-32)14-25(31(27,32)16-39-19(4)34)42-29(38)22-11-10-12-33-15-22/h10-12,15,17-18,23-27H,9,13-14,16H2,1-8H3. The highest BCUT2D eigenvalue weighted by atomic mass is 16.6. The third kappa shape index (κ3) is 5.68. The fourth-order valence-electron chi connectivity index (χ4n) is 7.52. The number of carbonyl (C=O) groups excluding carboxylic acids is 5. The van der Waals surface area contributed by atoms with Gasteiger partial charge in [-0.15, -0.1) is 0 Å². The van der Waals surface area contributed by atoms with Gasteiger partial charge in [0.2, 0.25) is 0 Å². The molecule has 0 N–H and O–H groups in total. The van der Waals surface area contributed by atoms with Crippen LogP contribution in [0.2, 0.25) is 0 Å². The van der Waals surface area contributed by atoms with E-state index in [0.29, 0.717) is 6.42 Å². The number of ether oxygens (including phenoxy) is 6. The van der Waals surface area contributed by atoms with Crippen LogP contribution in [0.3, 0.4) is 0 Å². The highest BCUT2D eigenvalue weighted by molar-refractivity contribution is 5.89. The summed E-state index contributed by atoms with van der Waals surface area (Å²) in [5.41, 5.74) is -3.93. The van der Waals surface area contributed by atoms with E-state index < -0.39 is 95.2 Å². The van der Waals surface area contributed by atoms with Crippen molar-refractivity contribution >= 4 is 29.8 Å².